The SMILES string of the molecule is Cc1nc(-c2ccc(C=O)cc2)c([N+](=O)[O-])n1C. The average Bonchev–Trinajstić information content (AvgIpc) is 2.66. The molecule has 0 saturated carbocycles. The van der Waals surface area contributed by atoms with Gasteiger partial charge < -0.3 is 10.1 Å². The fourth-order valence-corrected chi connectivity index (χ4v) is 1.72. The zero-order valence-electron chi connectivity index (χ0n) is 9.95. The molecule has 2 rings (SSSR count). The largest absolute Gasteiger partial charge is 0.358 e. The van der Waals surface area contributed by atoms with E-state index in [1.807, 2.05) is 0 Å². The van der Waals surface area contributed by atoms with E-state index in [0.717, 1.165) is 6.29 Å². The molecule has 18 heavy (non-hydrogen) atoms. The highest BCUT2D eigenvalue weighted by Gasteiger charge is 2.23. The number of aldehydes is 1. The van der Waals surface area contributed by atoms with Crippen molar-refractivity contribution in [2.45, 2.75) is 6.92 Å². The number of imidazole rings is 1. The van der Waals surface area contributed by atoms with E-state index in [-0.39, 0.29) is 5.82 Å². The van der Waals surface area contributed by atoms with E-state index in [1.165, 1.54) is 4.57 Å². The van der Waals surface area contributed by atoms with E-state index >= 15 is 0 Å². The zero-order chi connectivity index (χ0) is 13.3. The third-order valence-electron chi connectivity index (χ3n) is 2.78. The lowest BCUT2D eigenvalue weighted by Crippen LogP contribution is -1.99. The molecule has 2 aromatic rings. The Labute approximate surface area is 103 Å². The van der Waals surface area contributed by atoms with E-state index < -0.39 is 4.92 Å². The minimum Gasteiger partial charge on any atom is -0.358 e. The van der Waals surface area contributed by atoms with Crippen LogP contribution in [0.3, 0.4) is 0 Å². The van der Waals surface area contributed by atoms with Gasteiger partial charge in [-0.05, 0) is 4.92 Å². The number of rotatable bonds is 3. The number of nitrogens with zero attached hydrogens (tertiary/aromatic N) is 3. The number of benzene rings is 1. The molecule has 0 radical (unpaired) electrons. The van der Waals surface area contributed by atoms with Gasteiger partial charge >= 0.3 is 5.82 Å². The Morgan fingerprint density at radius 3 is 2.44 bits per heavy atom. The summed E-state index contributed by atoms with van der Waals surface area (Å²) < 4.78 is 1.43. The summed E-state index contributed by atoms with van der Waals surface area (Å²) in [5, 5.41) is 11.0. The van der Waals surface area contributed by atoms with Crippen LogP contribution in [0.4, 0.5) is 5.82 Å². The number of hydrogen-bond acceptors (Lipinski definition) is 4. The lowest BCUT2D eigenvalue weighted by Gasteiger charge is -1.99. The number of carbonyl (C=O) groups excluding carboxylic acids is 1. The number of aromatic nitrogens is 2. The van der Waals surface area contributed by atoms with Crippen LogP contribution in [0.5, 0.6) is 0 Å². The fourth-order valence-electron chi connectivity index (χ4n) is 1.72. The molecular formula is C12H11N3O3. The molecule has 1 heterocycles. The topological polar surface area (TPSA) is 78.0 Å². The summed E-state index contributed by atoms with van der Waals surface area (Å²) in [7, 11) is 1.60. The summed E-state index contributed by atoms with van der Waals surface area (Å²) in [4.78, 5) is 25.3. The lowest BCUT2D eigenvalue weighted by molar-refractivity contribution is -0.391. The van der Waals surface area contributed by atoms with Crippen molar-refractivity contribution >= 4 is 12.1 Å². The lowest BCUT2D eigenvalue weighted by atomic mass is 10.1. The van der Waals surface area contributed by atoms with Crippen LogP contribution < -0.4 is 0 Å². The predicted octanol–water partition coefficient (Wildman–Crippen LogP) is 2.12. The van der Waals surface area contributed by atoms with Crippen molar-refractivity contribution < 1.29 is 9.72 Å². The van der Waals surface area contributed by atoms with Crippen molar-refractivity contribution in [2.24, 2.45) is 7.05 Å². The summed E-state index contributed by atoms with van der Waals surface area (Å²) in [5.41, 5.74) is 1.46. The van der Waals surface area contributed by atoms with Gasteiger partial charge in [0, 0.05) is 18.1 Å². The Morgan fingerprint density at radius 1 is 1.33 bits per heavy atom. The van der Waals surface area contributed by atoms with Gasteiger partial charge in [0.1, 0.15) is 6.29 Å². The second-order valence-electron chi connectivity index (χ2n) is 3.89. The Hall–Kier alpha value is -2.50. The maximum atomic E-state index is 11.0. The average molecular weight is 245 g/mol. The minimum atomic E-state index is -0.455. The predicted molar refractivity (Wildman–Crippen MR) is 65.4 cm³/mol. The molecule has 0 N–H and O–H groups in total. The van der Waals surface area contributed by atoms with E-state index in [1.54, 1.807) is 38.2 Å². The van der Waals surface area contributed by atoms with Crippen LogP contribution in [0.25, 0.3) is 11.3 Å². The highest BCUT2D eigenvalue weighted by molar-refractivity contribution is 5.77. The molecule has 6 nitrogen and oxygen atoms in total. The summed E-state index contributed by atoms with van der Waals surface area (Å²) in [5.74, 6) is 0.516. The van der Waals surface area contributed by atoms with Crippen LogP contribution in [0.15, 0.2) is 24.3 Å². The van der Waals surface area contributed by atoms with E-state index in [0.29, 0.717) is 22.6 Å². The van der Waals surface area contributed by atoms with E-state index in [9.17, 15) is 14.9 Å². The zero-order valence-corrected chi connectivity index (χ0v) is 9.95. The van der Waals surface area contributed by atoms with Crippen LogP contribution in [-0.2, 0) is 7.05 Å². The molecule has 0 atom stereocenters. The summed E-state index contributed by atoms with van der Waals surface area (Å²) in [6, 6.07) is 6.52. The van der Waals surface area contributed by atoms with Crippen molar-refractivity contribution in [3.05, 3.63) is 45.8 Å². The molecule has 1 aromatic heterocycles. The van der Waals surface area contributed by atoms with Gasteiger partial charge in [-0.25, -0.2) is 9.55 Å². The van der Waals surface area contributed by atoms with Gasteiger partial charge in [-0.15, -0.1) is 0 Å². The summed E-state index contributed by atoms with van der Waals surface area (Å²) in [6.45, 7) is 1.70. The molecule has 0 saturated heterocycles. The maximum absolute atomic E-state index is 11.0. The molecule has 0 aliphatic heterocycles. The molecule has 0 amide bonds. The van der Waals surface area contributed by atoms with Gasteiger partial charge in [-0.2, -0.15) is 0 Å². The van der Waals surface area contributed by atoms with Crippen molar-refractivity contribution in [3.63, 3.8) is 0 Å². The molecule has 6 heteroatoms. The van der Waals surface area contributed by atoms with Crippen molar-refractivity contribution in [1.29, 1.82) is 0 Å². The minimum absolute atomic E-state index is 0.0497. The van der Waals surface area contributed by atoms with E-state index in [2.05, 4.69) is 4.98 Å². The van der Waals surface area contributed by atoms with Crippen LogP contribution >= 0.6 is 0 Å². The first-order valence-corrected chi connectivity index (χ1v) is 5.28. The Kier molecular flexibility index (Phi) is 2.93. The van der Waals surface area contributed by atoms with Crippen LogP contribution in [0.2, 0.25) is 0 Å². The fraction of sp³-hybridized carbons (Fsp3) is 0.167. The normalized spacial score (nSPS) is 10.3. The van der Waals surface area contributed by atoms with Gasteiger partial charge in [0.05, 0.1) is 7.05 Å². The Morgan fingerprint density at radius 2 is 1.94 bits per heavy atom. The highest BCUT2D eigenvalue weighted by atomic mass is 16.6. The molecular weight excluding hydrogens is 234 g/mol. The summed E-state index contributed by atoms with van der Waals surface area (Å²) >= 11 is 0. The van der Waals surface area contributed by atoms with Crippen LogP contribution in [-0.4, -0.2) is 20.8 Å². The maximum Gasteiger partial charge on any atom is 0.350 e. The van der Waals surface area contributed by atoms with Crippen LogP contribution in [0, 0.1) is 17.0 Å². The monoisotopic (exact) mass is 245 g/mol. The number of nitro groups is 1. The third-order valence-corrected chi connectivity index (χ3v) is 2.78. The van der Waals surface area contributed by atoms with Crippen LogP contribution in [0.1, 0.15) is 16.2 Å². The number of hydrogen-bond donors (Lipinski definition) is 0. The Bertz CT molecular complexity index is 614. The first-order valence-electron chi connectivity index (χ1n) is 5.28. The molecule has 0 aliphatic rings. The first kappa shape index (κ1) is 12.0. The molecule has 0 spiro atoms. The Balaban J connectivity index is 2.59. The second kappa shape index (κ2) is 4.40. The smallest absolute Gasteiger partial charge is 0.350 e. The molecule has 1 aromatic carbocycles. The number of carbonyl (C=O) groups is 1. The molecule has 0 aliphatic carbocycles. The van der Waals surface area contributed by atoms with Gasteiger partial charge in [-0.3, -0.25) is 4.79 Å². The highest BCUT2D eigenvalue weighted by Crippen LogP contribution is 2.29. The molecule has 0 unspecified atom stereocenters. The van der Waals surface area contributed by atoms with Gasteiger partial charge in [-0.1, -0.05) is 24.3 Å². The van der Waals surface area contributed by atoms with Gasteiger partial charge in [0.15, 0.2) is 11.5 Å². The van der Waals surface area contributed by atoms with Crippen molar-refractivity contribution in [3.8, 4) is 11.3 Å². The quantitative estimate of drug-likeness (QED) is 0.471. The molecule has 0 bridgehead atoms. The van der Waals surface area contributed by atoms with E-state index in [4.69, 9.17) is 0 Å². The first-order chi connectivity index (χ1) is 8.54. The van der Waals surface area contributed by atoms with Crippen molar-refractivity contribution in [1.82, 2.24) is 9.55 Å². The standard InChI is InChI=1S/C12H11N3O3/c1-8-13-11(12(14(8)2)15(17)18)10-5-3-9(7-16)4-6-10/h3-7H,1-2H3. The van der Waals surface area contributed by atoms with Gasteiger partial charge in [0.2, 0.25) is 0 Å². The van der Waals surface area contributed by atoms with Gasteiger partial charge in [0.25, 0.3) is 0 Å². The molecule has 0 fully saturated rings. The number of aryl methyl sites for hydroxylation is 1. The second-order valence-corrected chi connectivity index (χ2v) is 3.89. The molecule has 92 valence electrons. The van der Waals surface area contributed by atoms with Crippen molar-refractivity contribution in [2.75, 3.05) is 0 Å². The summed E-state index contributed by atoms with van der Waals surface area (Å²) in [6.07, 6.45) is 0.724. The third kappa shape index (κ3) is 1.88.